The first kappa shape index (κ1) is 28.6. The Morgan fingerprint density at radius 1 is 0.694 bits per heavy atom. The molecule has 0 saturated heterocycles. The number of para-hydroxylation sites is 1. The highest BCUT2D eigenvalue weighted by molar-refractivity contribution is 6.22. The van der Waals surface area contributed by atoms with Gasteiger partial charge in [-0.2, -0.15) is 10.5 Å². The summed E-state index contributed by atoms with van der Waals surface area (Å²) < 4.78 is 12.9. The minimum absolute atomic E-state index is 0.306. The number of benzene rings is 5. The molecule has 9 rings (SSSR count). The summed E-state index contributed by atoms with van der Waals surface area (Å²) in [6, 6.07) is 34.7. The number of nitrogens with one attached hydrogen (secondary N) is 1. The van der Waals surface area contributed by atoms with Crippen molar-refractivity contribution in [3.05, 3.63) is 150 Å². The number of anilines is 1. The van der Waals surface area contributed by atoms with Crippen LogP contribution >= 0.6 is 0 Å². The highest BCUT2D eigenvalue weighted by Crippen LogP contribution is 2.43. The van der Waals surface area contributed by atoms with E-state index in [9.17, 15) is 10.5 Å². The SMILES string of the molecule is N#Cc1cccc(-c2ccc3oc4c(ccc5oc6ccc(-c7cccc(C#N)c7NC7=C(C8C=CC=CC8)C=CCC7)cc6c54)c3c2)c1. The summed E-state index contributed by atoms with van der Waals surface area (Å²) in [6.45, 7) is 0. The van der Waals surface area contributed by atoms with Crippen LogP contribution in [0.3, 0.4) is 0 Å². The van der Waals surface area contributed by atoms with E-state index in [0.717, 1.165) is 96.8 Å². The molecule has 0 radical (unpaired) electrons. The molecule has 0 bridgehead atoms. The second-order valence-electron chi connectivity index (χ2n) is 12.6. The predicted octanol–water partition coefficient (Wildman–Crippen LogP) is 11.7. The fourth-order valence-electron chi connectivity index (χ4n) is 7.36. The van der Waals surface area contributed by atoms with Crippen molar-refractivity contribution >= 4 is 49.6 Å². The van der Waals surface area contributed by atoms with E-state index in [1.165, 1.54) is 5.57 Å². The number of hydrogen-bond acceptors (Lipinski definition) is 5. The van der Waals surface area contributed by atoms with Crippen molar-refractivity contribution in [1.82, 2.24) is 0 Å². The third kappa shape index (κ3) is 4.84. The molecule has 0 spiro atoms. The van der Waals surface area contributed by atoms with E-state index in [-0.39, 0.29) is 0 Å². The van der Waals surface area contributed by atoms with E-state index in [1.807, 2.05) is 60.7 Å². The van der Waals surface area contributed by atoms with Crippen molar-refractivity contribution in [2.45, 2.75) is 19.3 Å². The minimum Gasteiger partial charge on any atom is -0.456 e. The number of furan rings is 2. The van der Waals surface area contributed by atoms with Crippen molar-refractivity contribution < 1.29 is 8.83 Å². The Morgan fingerprint density at radius 2 is 1.51 bits per heavy atom. The lowest BCUT2D eigenvalue weighted by Gasteiger charge is -2.25. The quantitative estimate of drug-likeness (QED) is 0.204. The lowest BCUT2D eigenvalue weighted by atomic mass is 9.87. The van der Waals surface area contributed by atoms with Gasteiger partial charge in [-0.05, 0) is 96.1 Å². The van der Waals surface area contributed by atoms with Crippen molar-refractivity contribution in [2.75, 3.05) is 5.32 Å². The van der Waals surface area contributed by atoms with E-state index in [0.29, 0.717) is 17.0 Å². The summed E-state index contributed by atoms with van der Waals surface area (Å²) in [5, 5.41) is 27.3. The molecule has 232 valence electrons. The lowest BCUT2D eigenvalue weighted by Crippen LogP contribution is -2.13. The van der Waals surface area contributed by atoms with Crippen LogP contribution in [0.5, 0.6) is 0 Å². The third-order valence-corrected chi connectivity index (χ3v) is 9.75. The van der Waals surface area contributed by atoms with Crippen molar-refractivity contribution in [3.8, 4) is 34.4 Å². The van der Waals surface area contributed by atoms with Gasteiger partial charge >= 0.3 is 0 Å². The summed E-state index contributed by atoms with van der Waals surface area (Å²) in [6.07, 6.45) is 16.0. The summed E-state index contributed by atoms with van der Waals surface area (Å²) in [5.74, 6) is 0.306. The van der Waals surface area contributed by atoms with Crippen LogP contribution in [-0.2, 0) is 0 Å². The van der Waals surface area contributed by atoms with Crippen LogP contribution in [0.4, 0.5) is 5.69 Å². The molecule has 1 atom stereocenters. The highest BCUT2D eigenvalue weighted by atomic mass is 16.3. The molecule has 2 aromatic heterocycles. The van der Waals surface area contributed by atoms with Crippen LogP contribution in [0, 0.1) is 28.6 Å². The minimum atomic E-state index is 0.306. The monoisotopic (exact) mass is 631 g/mol. The van der Waals surface area contributed by atoms with Crippen molar-refractivity contribution in [3.63, 3.8) is 0 Å². The van der Waals surface area contributed by atoms with Crippen LogP contribution in [0.15, 0.2) is 148 Å². The molecule has 2 heterocycles. The maximum absolute atomic E-state index is 10.2. The fraction of sp³-hybridized carbons (Fsp3) is 0.0909. The fourth-order valence-corrected chi connectivity index (χ4v) is 7.36. The van der Waals surface area contributed by atoms with Gasteiger partial charge in [0.05, 0.1) is 28.3 Å². The second-order valence-corrected chi connectivity index (χ2v) is 12.6. The van der Waals surface area contributed by atoms with Crippen molar-refractivity contribution in [2.24, 2.45) is 5.92 Å². The largest absolute Gasteiger partial charge is 0.456 e. The maximum Gasteiger partial charge on any atom is 0.147 e. The van der Waals surface area contributed by atoms with Gasteiger partial charge < -0.3 is 14.2 Å². The van der Waals surface area contributed by atoms with E-state index in [1.54, 1.807) is 0 Å². The Hall–Kier alpha value is -6.56. The van der Waals surface area contributed by atoms with Gasteiger partial charge in [-0.1, -0.05) is 72.9 Å². The summed E-state index contributed by atoms with van der Waals surface area (Å²) in [5.41, 5.74) is 11.5. The Labute approximate surface area is 283 Å². The number of allylic oxidation sites excluding steroid dienone is 8. The Balaban J connectivity index is 1.19. The number of fused-ring (bicyclic) bond motifs is 7. The third-order valence-electron chi connectivity index (χ3n) is 9.75. The first-order chi connectivity index (χ1) is 24.2. The van der Waals surface area contributed by atoms with Gasteiger partial charge in [-0.25, -0.2) is 0 Å². The molecule has 2 aliphatic carbocycles. The average Bonchev–Trinajstić information content (AvgIpc) is 3.73. The summed E-state index contributed by atoms with van der Waals surface area (Å²) >= 11 is 0. The van der Waals surface area contributed by atoms with E-state index in [2.05, 4.69) is 84.2 Å². The van der Waals surface area contributed by atoms with Crippen LogP contribution in [0.2, 0.25) is 0 Å². The van der Waals surface area contributed by atoms with Crippen LogP contribution < -0.4 is 5.32 Å². The molecule has 0 aliphatic heterocycles. The van der Waals surface area contributed by atoms with Crippen LogP contribution in [0.1, 0.15) is 30.4 Å². The Kier molecular flexibility index (Phi) is 6.78. The maximum atomic E-state index is 10.2. The number of nitriles is 2. The topological polar surface area (TPSA) is 85.9 Å². The molecule has 0 saturated carbocycles. The summed E-state index contributed by atoms with van der Waals surface area (Å²) in [7, 11) is 0. The molecule has 2 aliphatic rings. The molecule has 0 amide bonds. The van der Waals surface area contributed by atoms with Gasteiger partial charge in [0.2, 0.25) is 0 Å². The first-order valence-corrected chi connectivity index (χ1v) is 16.5. The first-order valence-electron chi connectivity index (χ1n) is 16.5. The number of rotatable bonds is 5. The molecule has 5 nitrogen and oxygen atoms in total. The predicted molar refractivity (Wildman–Crippen MR) is 197 cm³/mol. The molecular weight excluding hydrogens is 603 g/mol. The normalized spacial score (nSPS) is 15.8. The van der Waals surface area contributed by atoms with Gasteiger partial charge in [0, 0.05) is 33.3 Å². The molecule has 7 aromatic rings. The molecule has 5 aromatic carbocycles. The van der Waals surface area contributed by atoms with E-state index < -0.39 is 0 Å². The van der Waals surface area contributed by atoms with Crippen LogP contribution in [0.25, 0.3) is 66.1 Å². The van der Waals surface area contributed by atoms with Gasteiger partial charge in [-0.3, -0.25) is 0 Å². The van der Waals surface area contributed by atoms with E-state index in [4.69, 9.17) is 8.83 Å². The Morgan fingerprint density at radius 3 is 2.37 bits per heavy atom. The highest BCUT2D eigenvalue weighted by Gasteiger charge is 2.21. The zero-order valence-corrected chi connectivity index (χ0v) is 26.5. The molecule has 1 unspecified atom stereocenters. The van der Waals surface area contributed by atoms with Gasteiger partial charge in [0.15, 0.2) is 0 Å². The average molecular weight is 632 g/mol. The van der Waals surface area contributed by atoms with Gasteiger partial charge in [0.1, 0.15) is 28.4 Å². The van der Waals surface area contributed by atoms with E-state index >= 15 is 0 Å². The summed E-state index contributed by atoms with van der Waals surface area (Å²) in [4.78, 5) is 0. The smallest absolute Gasteiger partial charge is 0.147 e. The van der Waals surface area contributed by atoms with Gasteiger partial charge in [0.25, 0.3) is 0 Å². The number of hydrogen-bond donors (Lipinski definition) is 1. The standard InChI is InChI=1S/C44H29N3O2/c45-25-27-8-6-11-29(22-27)30-16-19-39-36(23-30)35-18-21-41-42(44(35)49-39)37-24-31(17-20-40(37)48-41)34-14-7-12-32(26-46)43(34)47-38-15-5-4-13-33(38)28-9-2-1-3-10-28/h1-4,6-9,11-14,16-24,28,47H,5,10,15H2. The molecule has 0 fully saturated rings. The molecule has 5 heteroatoms. The molecular formula is C44H29N3O2. The zero-order valence-electron chi connectivity index (χ0n) is 26.5. The van der Waals surface area contributed by atoms with Crippen LogP contribution in [-0.4, -0.2) is 0 Å². The lowest BCUT2D eigenvalue weighted by molar-refractivity contribution is 0.663. The van der Waals surface area contributed by atoms with Gasteiger partial charge in [-0.15, -0.1) is 0 Å². The zero-order chi connectivity index (χ0) is 32.9. The second kappa shape index (κ2) is 11.6. The Bertz CT molecular complexity index is 2700. The number of nitrogens with zero attached hydrogens (tertiary/aromatic N) is 2. The molecule has 49 heavy (non-hydrogen) atoms. The molecule has 1 N–H and O–H groups in total. The van der Waals surface area contributed by atoms with Crippen molar-refractivity contribution in [1.29, 1.82) is 10.5 Å².